The predicted molar refractivity (Wildman–Crippen MR) is 123 cm³/mol. The first kappa shape index (κ1) is 17.7. The van der Waals surface area contributed by atoms with E-state index >= 15 is 0 Å². The minimum Gasteiger partial charge on any atom is -0.355 e. The molecular weight excluding hydrogens is 474 g/mol. The summed E-state index contributed by atoms with van der Waals surface area (Å²) >= 11 is 7.20. The summed E-state index contributed by atoms with van der Waals surface area (Å²) in [6, 6.07) is 34.7. The van der Waals surface area contributed by atoms with Crippen molar-refractivity contribution in [3.05, 3.63) is 128 Å². The number of hydrogen-bond donors (Lipinski definition) is 1. The van der Waals surface area contributed by atoms with Crippen LogP contribution in [0.25, 0.3) is 0 Å². The van der Waals surface area contributed by atoms with E-state index in [0.29, 0.717) is 0 Å². The summed E-state index contributed by atoms with van der Waals surface area (Å²) in [6.07, 6.45) is 0. The van der Waals surface area contributed by atoms with Crippen molar-refractivity contribution in [1.82, 2.24) is 0 Å². The molecule has 3 heteroatoms. The van der Waals surface area contributed by atoms with Gasteiger partial charge in [-0.05, 0) is 58.7 Å². The normalized spacial score (nSPS) is 13.9. The van der Waals surface area contributed by atoms with E-state index in [0.717, 1.165) is 20.3 Å². The Labute approximate surface area is 181 Å². The Hall–Kier alpha value is -2.36. The van der Waals surface area contributed by atoms with Crippen molar-refractivity contribution >= 4 is 43.2 Å². The van der Waals surface area contributed by atoms with Crippen LogP contribution in [0.1, 0.15) is 22.3 Å². The Morgan fingerprint density at radius 2 is 0.893 bits per heavy atom. The van der Waals surface area contributed by atoms with Crippen LogP contribution >= 0.6 is 31.9 Å². The second kappa shape index (κ2) is 6.91. The smallest absolute Gasteiger partial charge is 0.0741 e. The fourth-order valence-electron chi connectivity index (χ4n) is 4.32. The van der Waals surface area contributed by atoms with E-state index in [2.05, 4.69) is 134 Å². The van der Waals surface area contributed by atoms with Crippen LogP contribution in [0, 0.1) is 0 Å². The number of fused-ring (bicyclic) bond motifs is 2. The molecule has 1 N–H and O–H groups in total. The van der Waals surface area contributed by atoms with E-state index in [1.165, 1.54) is 22.3 Å². The van der Waals surface area contributed by atoms with E-state index in [9.17, 15) is 0 Å². The van der Waals surface area contributed by atoms with Gasteiger partial charge in [0, 0.05) is 20.3 Å². The number of nitrogens with one attached hydrogen (secondary N) is 1. The summed E-state index contributed by atoms with van der Waals surface area (Å²) in [6.45, 7) is 0. The molecule has 0 fully saturated rings. The maximum atomic E-state index is 3.64. The van der Waals surface area contributed by atoms with Crippen molar-refractivity contribution in [2.45, 2.75) is 5.41 Å². The fourth-order valence-corrected chi connectivity index (χ4v) is 4.85. The van der Waals surface area contributed by atoms with E-state index in [1.807, 2.05) is 0 Å². The average molecular weight is 491 g/mol. The third-order valence-corrected chi connectivity index (χ3v) is 6.54. The number of para-hydroxylation sites is 2. The molecule has 0 saturated heterocycles. The van der Waals surface area contributed by atoms with E-state index in [4.69, 9.17) is 0 Å². The van der Waals surface area contributed by atoms with E-state index in [1.54, 1.807) is 0 Å². The van der Waals surface area contributed by atoms with Crippen molar-refractivity contribution in [3.63, 3.8) is 0 Å². The molecule has 1 aliphatic heterocycles. The van der Waals surface area contributed by atoms with Gasteiger partial charge in [0.25, 0.3) is 0 Å². The van der Waals surface area contributed by atoms with Gasteiger partial charge < -0.3 is 5.32 Å². The zero-order valence-corrected chi connectivity index (χ0v) is 18.2. The second-order valence-corrected chi connectivity index (χ2v) is 8.81. The van der Waals surface area contributed by atoms with Crippen LogP contribution < -0.4 is 5.32 Å². The molecule has 0 unspecified atom stereocenters. The van der Waals surface area contributed by atoms with Crippen molar-refractivity contribution in [1.29, 1.82) is 0 Å². The number of benzene rings is 4. The van der Waals surface area contributed by atoms with Crippen LogP contribution in [-0.4, -0.2) is 0 Å². The van der Waals surface area contributed by atoms with Gasteiger partial charge in [-0.25, -0.2) is 0 Å². The van der Waals surface area contributed by atoms with Crippen LogP contribution in [0.3, 0.4) is 0 Å². The average Bonchev–Trinajstić information content (AvgIpc) is 2.73. The van der Waals surface area contributed by atoms with Crippen molar-refractivity contribution in [3.8, 4) is 0 Å². The Morgan fingerprint density at radius 1 is 0.500 bits per heavy atom. The maximum Gasteiger partial charge on any atom is 0.0741 e. The van der Waals surface area contributed by atoms with Crippen LogP contribution in [0.5, 0.6) is 0 Å². The summed E-state index contributed by atoms with van der Waals surface area (Å²) in [5.74, 6) is 0. The highest BCUT2D eigenvalue weighted by Crippen LogP contribution is 2.53. The van der Waals surface area contributed by atoms with Crippen molar-refractivity contribution in [2.75, 3.05) is 5.32 Å². The largest absolute Gasteiger partial charge is 0.355 e. The SMILES string of the molecule is Brc1ccc(C2(c3ccc(Br)cc3)c3ccccc3Nc3ccccc32)cc1. The molecule has 28 heavy (non-hydrogen) atoms. The highest BCUT2D eigenvalue weighted by atomic mass is 79.9. The van der Waals surface area contributed by atoms with Gasteiger partial charge in [0.15, 0.2) is 0 Å². The van der Waals surface area contributed by atoms with Gasteiger partial charge in [0.05, 0.1) is 5.41 Å². The summed E-state index contributed by atoms with van der Waals surface area (Å²) in [7, 11) is 0. The van der Waals surface area contributed by atoms with Gasteiger partial charge in [0.2, 0.25) is 0 Å². The number of anilines is 2. The topological polar surface area (TPSA) is 12.0 Å². The van der Waals surface area contributed by atoms with Gasteiger partial charge in [-0.3, -0.25) is 0 Å². The molecule has 0 saturated carbocycles. The summed E-state index contributed by atoms with van der Waals surface area (Å²) in [5.41, 5.74) is 6.93. The molecule has 4 aromatic carbocycles. The predicted octanol–water partition coefficient (Wildman–Crippen LogP) is 7.65. The second-order valence-electron chi connectivity index (χ2n) is 6.98. The third kappa shape index (κ3) is 2.65. The molecule has 0 aromatic heterocycles. The lowest BCUT2D eigenvalue weighted by Gasteiger charge is -2.42. The van der Waals surface area contributed by atoms with Gasteiger partial charge in [-0.2, -0.15) is 0 Å². The quantitative estimate of drug-likeness (QED) is 0.268. The summed E-state index contributed by atoms with van der Waals surface area (Å²) in [4.78, 5) is 0. The lowest BCUT2D eigenvalue weighted by atomic mass is 9.63. The van der Waals surface area contributed by atoms with Crippen LogP contribution in [0.2, 0.25) is 0 Å². The van der Waals surface area contributed by atoms with Gasteiger partial charge >= 0.3 is 0 Å². The lowest BCUT2D eigenvalue weighted by Crippen LogP contribution is -2.35. The number of hydrogen-bond acceptors (Lipinski definition) is 1. The molecule has 0 aliphatic carbocycles. The Kier molecular flexibility index (Phi) is 4.37. The Bertz CT molecular complexity index is 1050. The van der Waals surface area contributed by atoms with Crippen LogP contribution in [0.15, 0.2) is 106 Å². The summed E-state index contributed by atoms with van der Waals surface area (Å²) in [5, 5.41) is 3.64. The van der Waals surface area contributed by atoms with Crippen LogP contribution in [-0.2, 0) is 5.41 Å². The Morgan fingerprint density at radius 3 is 1.32 bits per heavy atom. The molecule has 0 amide bonds. The molecule has 0 spiro atoms. The zero-order valence-electron chi connectivity index (χ0n) is 15.0. The highest BCUT2D eigenvalue weighted by molar-refractivity contribution is 9.10. The molecule has 0 radical (unpaired) electrons. The standard InChI is InChI=1S/C25H17Br2N/c26-19-13-9-17(10-14-19)25(18-11-15-20(27)16-12-18)21-5-1-3-7-23(21)28-24-8-4-2-6-22(24)25/h1-16,28H. The van der Waals surface area contributed by atoms with Crippen molar-refractivity contribution < 1.29 is 0 Å². The molecule has 1 aliphatic rings. The molecule has 0 atom stereocenters. The molecule has 136 valence electrons. The molecule has 5 rings (SSSR count). The minimum atomic E-state index is -0.389. The fraction of sp³-hybridized carbons (Fsp3) is 0.0400. The maximum absolute atomic E-state index is 3.64. The lowest BCUT2D eigenvalue weighted by molar-refractivity contribution is 0.740. The van der Waals surface area contributed by atoms with Gasteiger partial charge in [-0.1, -0.05) is 92.5 Å². The molecular formula is C25H17Br2N. The Balaban J connectivity index is 1.94. The molecule has 0 bridgehead atoms. The minimum absolute atomic E-state index is 0.389. The molecule has 1 nitrogen and oxygen atoms in total. The highest BCUT2D eigenvalue weighted by Gasteiger charge is 2.43. The van der Waals surface area contributed by atoms with Gasteiger partial charge in [-0.15, -0.1) is 0 Å². The monoisotopic (exact) mass is 489 g/mol. The first-order valence-corrected chi connectivity index (χ1v) is 10.8. The van der Waals surface area contributed by atoms with Crippen molar-refractivity contribution in [2.24, 2.45) is 0 Å². The third-order valence-electron chi connectivity index (χ3n) is 5.49. The zero-order chi connectivity index (χ0) is 19.1. The number of rotatable bonds is 2. The first-order chi connectivity index (χ1) is 13.7. The van der Waals surface area contributed by atoms with Gasteiger partial charge in [0.1, 0.15) is 0 Å². The number of halogens is 2. The molecule has 4 aromatic rings. The van der Waals surface area contributed by atoms with Crippen LogP contribution in [0.4, 0.5) is 11.4 Å². The first-order valence-electron chi connectivity index (χ1n) is 9.18. The summed E-state index contributed by atoms with van der Waals surface area (Å²) < 4.78 is 2.16. The van der Waals surface area contributed by atoms with E-state index < -0.39 is 0 Å². The van der Waals surface area contributed by atoms with E-state index in [-0.39, 0.29) is 5.41 Å². The molecule has 1 heterocycles.